The third kappa shape index (κ3) is 3.23. The van der Waals surface area contributed by atoms with E-state index >= 15 is 0 Å². The van der Waals surface area contributed by atoms with Gasteiger partial charge < -0.3 is 4.40 Å². The van der Waals surface area contributed by atoms with Crippen LogP contribution in [0.2, 0.25) is 0 Å². The number of nitrogens with zero attached hydrogens (tertiary/aromatic N) is 2. The van der Waals surface area contributed by atoms with E-state index in [2.05, 4.69) is 9.71 Å². The minimum absolute atomic E-state index is 0.258. The van der Waals surface area contributed by atoms with E-state index in [9.17, 15) is 8.42 Å². The minimum Gasteiger partial charge on any atom is -0.306 e. The quantitative estimate of drug-likeness (QED) is 0.465. The number of nitrogens with one attached hydrogen (secondary N) is 1. The lowest BCUT2D eigenvalue weighted by atomic mass is 10.1. The molecule has 0 radical (unpaired) electrons. The predicted octanol–water partition coefficient (Wildman–Crippen LogP) is 4.96. The summed E-state index contributed by atoms with van der Waals surface area (Å²) in [6, 6.07) is 25.8. The molecule has 29 heavy (non-hydrogen) atoms. The number of pyridine rings is 1. The van der Waals surface area contributed by atoms with Gasteiger partial charge in [0.2, 0.25) is 0 Å². The Hall–Kier alpha value is -3.64. The Morgan fingerprint density at radius 3 is 2.52 bits per heavy atom. The zero-order chi connectivity index (χ0) is 19.8. The lowest BCUT2D eigenvalue weighted by molar-refractivity contribution is 0.602. The van der Waals surface area contributed by atoms with Crippen molar-refractivity contribution in [3.05, 3.63) is 97.3 Å². The van der Waals surface area contributed by atoms with Gasteiger partial charge in [0.15, 0.2) is 0 Å². The number of imidazole rings is 1. The molecule has 0 aliphatic carbocycles. The van der Waals surface area contributed by atoms with Gasteiger partial charge in [0.1, 0.15) is 5.65 Å². The van der Waals surface area contributed by atoms with Crippen LogP contribution in [-0.4, -0.2) is 17.8 Å². The van der Waals surface area contributed by atoms with Crippen LogP contribution in [0.15, 0.2) is 102 Å². The lowest BCUT2D eigenvalue weighted by Gasteiger charge is -2.11. The van der Waals surface area contributed by atoms with Crippen LogP contribution in [0.3, 0.4) is 0 Å². The molecule has 1 N–H and O–H groups in total. The Morgan fingerprint density at radius 2 is 1.62 bits per heavy atom. The van der Waals surface area contributed by atoms with Crippen molar-refractivity contribution in [1.82, 2.24) is 9.38 Å². The molecule has 5 aromatic rings. The third-order valence-corrected chi connectivity index (χ3v) is 6.25. The van der Waals surface area contributed by atoms with Crippen molar-refractivity contribution in [2.75, 3.05) is 4.72 Å². The first-order valence-electron chi connectivity index (χ1n) is 9.15. The van der Waals surface area contributed by atoms with Gasteiger partial charge in [-0.15, -0.1) is 0 Å². The fraction of sp³-hybridized carbons (Fsp3) is 0. The molecule has 142 valence electrons. The smallest absolute Gasteiger partial charge is 0.262 e. The zero-order valence-electron chi connectivity index (χ0n) is 15.4. The average molecular weight is 399 g/mol. The van der Waals surface area contributed by atoms with Crippen LogP contribution in [0.25, 0.3) is 27.7 Å². The van der Waals surface area contributed by atoms with E-state index in [-0.39, 0.29) is 4.90 Å². The summed E-state index contributed by atoms with van der Waals surface area (Å²) in [6.07, 6.45) is 3.85. The summed E-state index contributed by atoms with van der Waals surface area (Å²) >= 11 is 0. The molecule has 0 saturated carbocycles. The molecule has 2 aromatic heterocycles. The van der Waals surface area contributed by atoms with Gasteiger partial charge in [0.25, 0.3) is 10.0 Å². The second-order valence-electron chi connectivity index (χ2n) is 6.76. The normalized spacial score (nSPS) is 11.7. The van der Waals surface area contributed by atoms with Crippen molar-refractivity contribution in [3.63, 3.8) is 0 Å². The molecule has 0 amide bonds. The summed E-state index contributed by atoms with van der Waals surface area (Å²) in [4.78, 5) is 4.86. The van der Waals surface area contributed by atoms with Gasteiger partial charge in [0.05, 0.1) is 10.6 Å². The Kier molecular flexibility index (Phi) is 4.07. The molecule has 0 fully saturated rings. The largest absolute Gasteiger partial charge is 0.306 e. The van der Waals surface area contributed by atoms with Crippen LogP contribution in [0.5, 0.6) is 0 Å². The summed E-state index contributed by atoms with van der Waals surface area (Å²) in [5.41, 5.74) is 2.95. The Labute approximate surface area is 168 Å². The maximum absolute atomic E-state index is 13.1. The van der Waals surface area contributed by atoms with Crippen LogP contribution >= 0.6 is 0 Å². The van der Waals surface area contributed by atoms with Crippen molar-refractivity contribution < 1.29 is 8.42 Å². The van der Waals surface area contributed by atoms with Crippen LogP contribution in [0, 0.1) is 0 Å². The van der Waals surface area contributed by atoms with Crippen molar-refractivity contribution >= 4 is 32.1 Å². The van der Waals surface area contributed by atoms with E-state index in [4.69, 9.17) is 0 Å². The Bertz CT molecular complexity index is 1420. The fourth-order valence-corrected chi connectivity index (χ4v) is 4.74. The number of fused-ring (bicyclic) bond motifs is 2. The van der Waals surface area contributed by atoms with Gasteiger partial charge in [-0.1, -0.05) is 54.6 Å². The SMILES string of the molecule is O=S(=O)(Nc1cccc(-c2cn3ccccc3n2)c1)c1cccc2ccccc12. The molecule has 0 spiro atoms. The molecule has 0 aliphatic heterocycles. The second-order valence-corrected chi connectivity index (χ2v) is 8.41. The highest BCUT2D eigenvalue weighted by Gasteiger charge is 2.17. The van der Waals surface area contributed by atoms with Gasteiger partial charge >= 0.3 is 0 Å². The first-order valence-corrected chi connectivity index (χ1v) is 10.6. The zero-order valence-corrected chi connectivity index (χ0v) is 16.2. The molecule has 0 saturated heterocycles. The molecular formula is C23H17N3O2S. The van der Waals surface area contributed by atoms with Crippen molar-refractivity contribution in [2.45, 2.75) is 4.90 Å². The average Bonchev–Trinajstić information content (AvgIpc) is 3.17. The summed E-state index contributed by atoms with van der Waals surface area (Å²) in [5.74, 6) is 0. The van der Waals surface area contributed by atoms with Crippen LogP contribution in [-0.2, 0) is 10.0 Å². The maximum atomic E-state index is 13.1. The standard InChI is InChI=1S/C23H17N3O2S/c27-29(28,22-12-6-8-17-7-1-2-11-20(17)22)25-19-10-5-9-18(15-19)21-16-26-14-4-3-13-23(26)24-21/h1-16,25H. The highest BCUT2D eigenvalue weighted by Crippen LogP contribution is 2.27. The minimum atomic E-state index is -3.74. The molecule has 0 bridgehead atoms. The van der Waals surface area contributed by atoms with Crippen molar-refractivity contribution in [2.24, 2.45) is 0 Å². The number of hydrogen-bond acceptors (Lipinski definition) is 3. The van der Waals surface area contributed by atoms with Crippen molar-refractivity contribution in [3.8, 4) is 11.3 Å². The van der Waals surface area contributed by atoms with Crippen LogP contribution in [0.1, 0.15) is 0 Å². The summed E-state index contributed by atoms with van der Waals surface area (Å²) in [7, 11) is -3.74. The van der Waals surface area contributed by atoms with Gasteiger partial charge in [0, 0.05) is 29.0 Å². The second kappa shape index (κ2) is 6.76. The highest BCUT2D eigenvalue weighted by atomic mass is 32.2. The van der Waals surface area contributed by atoms with E-state index in [1.165, 1.54) is 0 Å². The topological polar surface area (TPSA) is 63.5 Å². The third-order valence-electron chi connectivity index (χ3n) is 4.81. The molecular weight excluding hydrogens is 382 g/mol. The van der Waals surface area contributed by atoms with E-state index in [1.54, 1.807) is 24.3 Å². The molecule has 0 unspecified atom stereocenters. The fourth-order valence-electron chi connectivity index (χ4n) is 3.46. The summed E-state index contributed by atoms with van der Waals surface area (Å²) < 4.78 is 30.8. The number of rotatable bonds is 4. The van der Waals surface area contributed by atoms with E-state index in [1.807, 2.05) is 77.5 Å². The van der Waals surface area contributed by atoms with Crippen molar-refractivity contribution in [1.29, 1.82) is 0 Å². The predicted molar refractivity (Wildman–Crippen MR) is 115 cm³/mol. The van der Waals surface area contributed by atoms with Crippen LogP contribution < -0.4 is 4.72 Å². The maximum Gasteiger partial charge on any atom is 0.262 e. The molecule has 3 aromatic carbocycles. The number of anilines is 1. The number of sulfonamides is 1. The molecule has 6 heteroatoms. The molecule has 0 aliphatic rings. The van der Waals surface area contributed by atoms with E-state index in [0.29, 0.717) is 11.1 Å². The Balaban J connectivity index is 1.52. The van der Waals surface area contributed by atoms with Gasteiger partial charge in [-0.05, 0) is 35.7 Å². The first kappa shape index (κ1) is 17.5. The molecule has 2 heterocycles. The number of hydrogen-bond donors (Lipinski definition) is 1. The van der Waals surface area contributed by atoms with Crippen LogP contribution in [0.4, 0.5) is 5.69 Å². The van der Waals surface area contributed by atoms with E-state index in [0.717, 1.165) is 22.3 Å². The van der Waals surface area contributed by atoms with Gasteiger partial charge in [-0.3, -0.25) is 4.72 Å². The van der Waals surface area contributed by atoms with E-state index < -0.39 is 10.0 Å². The number of aromatic nitrogens is 2. The summed E-state index contributed by atoms with van der Waals surface area (Å²) in [5, 5.41) is 1.58. The van der Waals surface area contributed by atoms with Gasteiger partial charge in [-0.2, -0.15) is 0 Å². The number of benzene rings is 3. The lowest BCUT2D eigenvalue weighted by Crippen LogP contribution is -2.13. The Morgan fingerprint density at radius 1 is 0.828 bits per heavy atom. The van der Waals surface area contributed by atoms with Gasteiger partial charge in [-0.25, -0.2) is 13.4 Å². The molecule has 0 atom stereocenters. The molecule has 5 rings (SSSR count). The highest BCUT2D eigenvalue weighted by molar-refractivity contribution is 7.93. The monoisotopic (exact) mass is 399 g/mol. The summed E-state index contributed by atoms with van der Waals surface area (Å²) in [6.45, 7) is 0. The first-order chi connectivity index (χ1) is 14.1. The molecule has 5 nitrogen and oxygen atoms in total.